The van der Waals surface area contributed by atoms with Crippen LogP contribution in [0.1, 0.15) is 73.8 Å². The Morgan fingerprint density at radius 3 is 1.90 bits per heavy atom. The summed E-state index contributed by atoms with van der Waals surface area (Å²) in [5, 5.41) is 3.03. The number of benzene rings is 1. The highest BCUT2D eigenvalue weighted by Crippen LogP contribution is 2.30. The van der Waals surface area contributed by atoms with Gasteiger partial charge < -0.3 is 33.7 Å². The lowest BCUT2D eigenvalue weighted by Crippen LogP contribution is -2.41. The SMILES string of the molecule is CCC(C)CC(=O)OCCN[C@@H](Cc1ccc(OC(=O)OC(C)C(C)C)c(OC(=O)OC(C)C(C)C)c1)C(=O)OC. The zero-order valence-corrected chi connectivity index (χ0v) is 25.8. The lowest BCUT2D eigenvalue weighted by molar-refractivity contribution is -0.144. The zero-order chi connectivity index (χ0) is 31.1. The van der Waals surface area contributed by atoms with Crippen LogP contribution in [0.25, 0.3) is 0 Å². The summed E-state index contributed by atoms with van der Waals surface area (Å²) in [7, 11) is 1.27. The number of hydrogen-bond donors (Lipinski definition) is 1. The molecule has 0 radical (unpaired) electrons. The summed E-state index contributed by atoms with van der Waals surface area (Å²) in [4.78, 5) is 49.3. The zero-order valence-electron chi connectivity index (χ0n) is 25.8. The Morgan fingerprint density at radius 1 is 0.829 bits per heavy atom. The van der Waals surface area contributed by atoms with Gasteiger partial charge in [0.1, 0.15) is 24.9 Å². The van der Waals surface area contributed by atoms with Crippen LogP contribution >= 0.6 is 0 Å². The molecule has 3 unspecified atom stereocenters. The second-order valence-corrected chi connectivity index (χ2v) is 10.8. The topological polar surface area (TPSA) is 136 Å². The van der Waals surface area contributed by atoms with E-state index in [1.807, 2.05) is 41.5 Å². The van der Waals surface area contributed by atoms with Crippen molar-refractivity contribution in [2.45, 2.75) is 92.9 Å². The van der Waals surface area contributed by atoms with Gasteiger partial charge >= 0.3 is 24.2 Å². The summed E-state index contributed by atoms with van der Waals surface area (Å²) in [5.74, 6) is -0.617. The second kappa shape index (κ2) is 18.2. The van der Waals surface area contributed by atoms with Gasteiger partial charge in [-0.25, -0.2) is 9.59 Å². The van der Waals surface area contributed by atoms with Gasteiger partial charge in [-0.15, -0.1) is 0 Å². The smallest absolute Gasteiger partial charge is 0.468 e. The number of carbonyl (C=O) groups excluding carboxylic acids is 4. The molecule has 4 atom stereocenters. The predicted molar refractivity (Wildman–Crippen MR) is 152 cm³/mol. The van der Waals surface area contributed by atoms with E-state index in [1.54, 1.807) is 19.9 Å². The van der Waals surface area contributed by atoms with Crippen LogP contribution in [-0.4, -0.2) is 62.8 Å². The van der Waals surface area contributed by atoms with Crippen LogP contribution in [0.5, 0.6) is 11.5 Å². The summed E-state index contributed by atoms with van der Waals surface area (Å²) >= 11 is 0. The van der Waals surface area contributed by atoms with Crippen molar-refractivity contribution in [3.8, 4) is 11.5 Å². The molecule has 0 saturated carbocycles. The quantitative estimate of drug-likeness (QED) is 0.115. The summed E-state index contributed by atoms with van der Waals surface area (Å²) in [6, 6.07) is 3.74. The molecule has 0 aliphatic rings. The third kappa shape index (κ3) is 13.7. The van der Waals surface area contributed by atoms with Crippen LogP contribution in [0, 0.1) is 17.8 Å². The average molecular weight is 582 g/mol. The first-order valence-corrected chi connectivity index (χ1v) is 14.1. The van der Waals surface area contributed by atoms with E-state index in [4.69, 9.17) is 28.4 Å². The van der Waals surface area contributed by atoms with Crippen molar-refractivity contribution in [3.63, 3.8) is 0 Å². The summed E-state index contributed by atoms with van der Waals surface area (Å²) in [5.41, 5.74) is 0.567. The third-order valence-electron chi connectivity index (χ3n) is 6.73. The Morgan fingerprint density at radius 2 is 1.39 bits per heavy atom. The van der Waals surface area contributed by atoms with Gasteiger partial charge in [0.15, 0.2) is 11.5 Å². The molecule has 1 aromatic carbocycles. The van der Waals surface area contributed by atoms with E-state index < -0.39 is 36.5 Å². The standard InChI is InChI=1S/C30H47NO10/c1-10-20(6)15-27(32)37-14-13-31-24(28(33)36-9)16-23-11-12-25(40-29(34)38-21(7)18(2)3)26(17-23)41-30(35)39-22(8)19(4)5/h11-12,17-22,24,31H,10,13-16H2,1-9H3/t20?,21?,22?,24-/m0/s1. The molecule has 1 rings (SSSR count). The summed E-state index contributed by atoms with van der Waals surface area (Å²) in [6.45, 7) is 15.3. The van der Waals surface area contributed by atoms with Gasteiger partial charge in [0.25, 0.3) is 0 Å². The Labute approximate surface area is 243 Å². The van der Waals surface area contributed by atoms with Crippen LogP contribution < -0.4 is 14.8 Å². The molecule has 11 heteroatoms. The Kier molecular flexibility index (Phi) is 15.8. The largest absolute Gasteiger partial charge is 0.514 e. The van der Waals surface area contributed by atoms with Crippen molar-refractivity contribution >= 4 is 24.2 Å². The first kappa shape index (κ1) is 35.7. The highest BCUT2D eigenvalue weighted by molar-refractivity contribution is 5.76. The van der Waals surface area contributed by atoms with E-state index in [9.17, 15) is 19.2 Å². The fraction of sp³-hybridized carbons (Fsp3) is 0.667. The van der Waals surface area contributed by atoms with Gasteiger partial charge in [0.2, 0.25) is 0 Å². The molecule has 0 spiro atoms. The van der Waals surface area contributed by atoms with E-state index in [2.05, 4.69) is 5.32 Å². The minimum atomic E-state index is -0.973. The molecule has 0 aliphatic heterocycles. The fourth-order valence-corrected chi connectivity index (χ4v) is 3.15. The third-order valence-corrected chi connectivity index (χ3v) is 6.73. The van der Waals surface area contributed by atoms with Crippen LogP contribution in [0.3, 0.4) is 0 Å². The number of ether oxygens (including phenoxy) is 6. The van der Waals surface area contributed by atoms with Crippen LogP contribution in [0.4, 0.5) is 9.59 Å². The van der Waals surface area contributed by atoms with Gasteiger partial charge in [0.05, 0.1) is 7.11 Å². The molecule has 0 fully saturated rings. The van der Waals surface area contributed by atoms with Gasteiger partial charge in [-0.05, 0) is 55.7 Å². The van der Waals surface area contributed by atoms with Crippen molar-refractivity contribution in [2.75, 3.05) is 20.3 Å². The predicted octanol–water partition coefficient (Wildman–Crippen LogP) is 5.46. The number of nitrogens with one attached hydrogen (secondary N) is 1. The van der Waals surface area contributed by atoms with Gasteiger partial charge in [0, 0.05) is 13.0 Å². The van der Waals surface area contributed by atoms with Crippen molar-refractivity contribution in [3.05, 3.63) is 23.8 Å². The summed E-state index contributed by atoms with van der Waals surface area (Å²) < 4.78 is 31.5. The maximum absolute atomic E-state index is 12.5. The van der Waals surface area contributed by atoms with Crippen molar-refractivity contribution in [1.82, 2.24) is 5.32 Å². The van der Waals surface area contributed by atoms with Gasteiger partial charge in [-0.2, -0.15) is 0 Å². The monoisotopic (exact) mass is 581 g/mol. The molecule has 1 aromatic rings. The Bertz CT molecular complexity index is 993. The molecule has 232 valence electrons. The molecule has 0 amide bonds. The number of hydrogen-bond acceptors (Lipinski definition) is 11. The number of carbonyl (C=O) groups is 4. The molecule has 41 heavy (non-hydrogen) atoms. The molecule has 0 bridgehead atoms. The number of esters is 2. The fourth-order valence-electron chi connectivity index (χ4n) is 3.15. The van der Waals surface area contributed by atoms with Crippen LogP contribution in [0.15, 0.2) is 18.2 Å². The van der Waals surface area contributed by atoms with E-state index in [0.29, 0.717) is 12.0 Å². The lowest BCUT2D eigenvalue weighted by atomic mass is 10.1. The van der Waals surface area contributed by atoms with Crippen molar-refractivity contribution in [2.24, 2.45) is 17.8 Å². The van der Waals surface area contributed by atoms with E-state index >= 15 is 0 Å². The van der Waals surface area contributed by atoms with E-state index in [1.165, 1.54) is 19.2 Å². The minimum absolute atomic E-state index is 0.0540. The lowest BCUT2D eigenvalue weighted by Gasteiger charge is -2.20. The molecule has 0 heterocycles. The Hall–Kier alpha value is -3.34. The maximum Gasteiger partial charge on any atom is 0.514 e. The molecular weight excluding hydrogens is 534 g/mol. The molecule has 1 N–H and O–H groups in total. The molecule has 0 aromatic heterocycles. The van der Waals surface area contributed by atoms with Crippen molar-refractivity contribution < 1.29 is 47.6 Å². The summed E-state index contributed by atoms with van der Waals surface area (Å²) in [6.07, 6.45) is -1.40. The maximum atomic E-state index is 12.5. The van der Waals surface area contributed by atoms with Gasteiger partial charge in [-0.1, -0.05) is 54.0 Å². The molecule has 11 nitrogen and oxygen atoms in total. The first-order valence-electron chi connectivity index (χ1n) is 14.1. The minimum Gasteiger partial charge on any atom is -0.468 e. The van der Waals surface area contributed by atoms with Crippen LogP contribution in [0.2, 0.25) is 0 Å². The van der Waals surface area contributed by atoms with Gasteiger partial charge in [-0.3, -0.25) is 9.59 Å². The van der Waals surface area contributed by atoms with E-state index in [-0.39, 0.29) is 54.8 Å². The number of methoxy groups -OCH3 is 1. The van der Waals surface area contributed by atoms with Crippen molar-refractivity contribution in [1.29, 1.82) is 0 Å². The number of rotatable bonds is 16. The van der Waals surface area contributed by atoms with Crippen LogP contribution in [-0.2, 0) is 35.0 Å². The first-order chi connectivity index (χ1) is 19.3. The average Bonchev–Trinajstić information content (AvgIpc) is 2.90. The Balaban J connectivity index is 3.05. The van der Waals surface area contributed by atoms with E-state index in [0.717, 1.165) is 6.42 Å². The highest BCUT2D eigenvalue weighted by atomic mass is 16.8. The molecule has 0 saturated heterocycles. The normalized spacial score (nSPS) is 14.0. The highest BCUT2D eigenvalue weighted by Gasteiger charge is 2.24. The molecular formula is C30H47NO10. The molecule has 0 aliphatic carbocycles. The second-order valence-electron chi connectivity index (χ2n) is 10.8.